The molecule has 0 spiro atoms. The SMILES string of the molecule is C[Si](C)(C)CCOCn1ncc2cc(-n3c(C(F)(F)F)nc4ccc(Cl)nc43)ccc21. The molecule has 4 aromatic rings. The molecular weight excluding hydrogens is 447 g/mol. The van der Waals surface area contributed by atoms with E-state index < -0.39 is 20.1 Å². The van der Waals surface area contributed by atoms with E-state index in [0.29, 0.717) is 12.0 Å². The number of fused-ring (bicyclic) bond motifs is 2. The van der Waals surface area contributed by atoms with Gasteiger partial charge in [-0.05, 0) is 36.4 Å². The standard InChI is InChI=1S/C20H21ClF3N5OSi/c1-31(2,3)9-8-30-12-28-16-6-4-14(10-13(16)11-25-28)29-18-15(5-7-17(21)27-18)26-19(29)20(22,23)24/h4-7,10-11H,8-9,12H2,1-3H3. The summed E-state index contributed by atoms with van der Waals surface area (Å²) in [6.45, 7) is 7.76. The Balaban J connectivity index is 1.70. The summed E-state index contributed by atoms with van der Waals surface area (Å²) in [6.07, 6.45) is -3.05. The van der Waals surface area contributed by atoms with Crippen molar-refractivity contribution < 1.29 is 17.9 Å². The Morgan fingerprint density at radius 3 is 2.58 bits per heavy atom. The zero-order valence-electron chi connectivity index (χ0n) is 17.2. The van der Waals surface area contributed by atoms with Crippen LogP contribution in [0.4, 0.5) is 13.2 Å². The predicted octanol–water partition coefficient (Wildman–Crippen LogP) is 5.75. The molecule has 3 heterocycles. The first-order chi connectivity index (χ1) is 14.5. The molecule has 0 saturated carbocycles. The van der Waals surface area contributed by atoms with Gasteiger partial charge in [-0.15, -0.1) is 0 Å². The lowest BCUT2D eigenvalue weighted by molar-refractivity contribution is -0.145. The monoisotopic (exact) mass is 467 g/mol. The molecule has 0 saturated heterocycles. The van der Waals surface area contributed by atoms with Crippen molar-refractivity contribution in [1.82, 2.24) is 24.3 Å². The minimum absolute atomic E-state index is 0.0428. The zero-order valence-corrected chi connectivity index (χ0v) is 19.0. The van der Waals surface area contributed by atoms with Crippen LogP contribution in [0.15, 0.2) is 36.5 Å². The van der Waals surface area contributed by atoms with Gasteiger partial charge in [-0.3, -0.25) is 4.57 Å². The lowest BCUT2D eigenvalue weighted by Crippen LogP contribution is -2.22. The van der Waals surface area contributed by atoms with Gasteiger partial charge in [0.25, 0.3) is 0 Å². The lowest BCUT2D eigenvalue weighted by Gasteiger charge is -2.15. The molecule has 0 radical (unpaired) electrons. The molecule has 0 aliphatic rings. The minimum Gasteiger partial charge on any atom is -0.360 e. The fourth-order valence-electron chi connectivity index (χ4n) is 3.21. The Morgan fingerprint density at radius 2 is 1.87 bits per heavy atom. The number of hydrogen-bond acceptors (Lipinski definition) is 4. The summed E-state index contributed by atoms with van der Waals surface area (Å²) in [4.78, 5) is 7.81. The first kappa shape index (κ1) is 21.8. The highest BCUT2D eigenvalue weighted by atomic mass is 35.5. The van der Waals surface area contributed by atoms with Gasteiger partial charge in [-0.2, -0.15) is 18.3 Å². The molecule has 0 N–H and O–H groups in total. The Bertz CT molecular complexity index is 1250. The molecule has 31 heavy (non-hydrogen) atoms. The van der Waals surface area contributed by atoms with Gasteiger partial charge in [0.2, 0.25) is 5.82 Å². The molecule has 11 heteroatoms. The molecule has 0 amide bonds. The second-order valence-corrected chi connectivity index (χ2v) is 14.5. The first-order valence-corrected chi connectivity index (χ1v) is 13.8. The van der Waals surface area contributed by atoms with Gasteiger partial charge in [-0.1, -0.05) is 31.2 Å². The normalized spacial score (nSPS) is 12.9. The molecule has 1 aromatic carbocycles. The third-order valence-electron chi connectivity index (χ3n) is 4.82. The number of ether oxygens (including phenoxy) is 1. The van der Waals surface area contributed by atoms with E-state index in [9.17, 15) is 13.2 Å². The molecule has 0 aliphatic carbocycles. The highest BCUT2D eigenvalue weighted by Gasteiger charge is 2.38. The number of imidazole rings is 1. The van der Waals surface area contributed by atoms with Gasteiger partial charge in [0, 0.05) is 25.8 Å². The van der Waals surface area contributed by atoms with E-state index in [-0.39, 0.29) is 28.7 Å². The number of aromatic nitrogens is 5. The third-order valence-corrected chi connectivity index (χ3v) is 6.73. The van der Waals surface area contributed by atoms with E-state index in [1.165, 1.54) is 12.1 Å². The van der Waals surface area contributed by atoms with Gasteiger partial charge in [0.15, 0.2) is 5.65 Å². The van der Waals surface area contributed by atoms with Crippen molar-refractivity contribution >= 4 is 41.7 Å². The van der Waals surface area contributed by atoms with Crippen molar-refractivity contribution in [3.63, 3.8) is 0 Å². The Hall–Kier alpha value is -2.43. The van der Waals surface area contributed by atoms with Crippen molar-refractivity contribution in [3.05, 3.63) is 47.5 Å². The molecule has 0 unspecified atom stereocenters. The summed E-state index contributed by atoms with van der Waals surface area (Å²) in [5, 5.41) is 5.09. The van der Waals surface area contributed by atoms with Crippen molar-refractivity contribution in [3.8, 4) is 5.69 Å². The minimum atomic E-state index is -4.66. The van der Waals surface area contributed by atoms with Crippen molar-refractivity contribution in [1.29, 1.82) is 0 Å². The van der Waals surface area contributed by atoms with E-state index in [2.05, 4.69) is 34.7 Å². The highest BCUT2D eigenvalue weighted by Crippen LogP contribution is 2.34. The highest BCUT2D eigenvalue weighted by molar-refractivity contribution is 6.76. The van der Waals surface area contributed by atoms with Gasteiger partial charge in [-0.25, -0.2) is 14.6 Å². The quantitative estimate of drug-likeness (QED) is 0.206. The van der Waals surface area contributed by atoms with Crippen LogP contribution in [0.3, 0.4) is 0 Å². The smallest absolute Gasteiger partial charge is 0.360 e. The number of nitrogens with zero attached hydrogens (tertiary/aromatic N) is 5. The van der Waals surface area contributed by atoms with Crippen molar-refractivity contribution in [2.75, 3.05) is 6.61 Å². The fraction of sp³-hybridized carbons (Fsp3) is 0.350. The third kappa shape index (κ3) is 4.60. The van der Waals surface area contributed by atoms with Crippen LogP contribution in [-0.2, 0) is 17.6 Å². The van der Waals surface area contributed by atoms with E-state index in [1.54, 1.807) is 29.1 Å². The number of pyridine rings is 1. The zero-order chi connectivity index (χ0) is 22.4. The van der Waals surface area contributed by atoms with E-state index in [1.807, 2.05) is 0 Å². The number of halogens is 4. The molecule has 6 nitrogen and oxygen atoms in total. The van der Waals surface area contributed by atoms with Crippen LogP contribution in [0.5, 0.6) is 0 Å². The average molecular weight is 468 g/mol. The molecule has 0 bridgehead atoms. The van der Waals surface area contributed by atoms with Gasteiger partial charge >= 0.3 is 6.18 Å². The summed E-state index contributed by atoms with van der Waals surface area (Å²) in [5.74, 6) is -1.06. The van der Waals surface area contributed by atoms with Gasteiger partial charge < -0.3 is 4.74 Å². The molecule has 4 rings (SSSR count). The number of hydrogen-bond donors (Lipinski definition) is 0. The lowest BCUT2D eigenvalue weighted by atomic mass is 10.2. The maximum absolute atomic E-state index is 13.7. The summed E-state index contributed by atoms with van der Waals surface area (Å²) in [6, 6.07) is 8.80. The molecule has 164 valence electrons. The second-order valence-electron chi connectivity index (χ2n) is 8.48. The number of alkyl halides is 3. The van der Waals surface area contributed by atoms with Crippen LogP contribution in [0.1, 0.15) is 5.82 Å². The van der Waals surface area contributed by atoms with Gasteiger partial charge in [0.05, 0.1) is 11.7 Å². The van der Waals surface area contributed by atoms with E-state index >= 15 is 0 Å². The molecular formula is C20H21ClF3N5OSi. The fourth-order valence-corrected chi connectivity index (χ4v) is 4.11. The number of rotatable bonds is 6. The van der Waals surface area contributed by atoms with Crippen LogP contribution >= 0.6 is 11.6 Å². The van der Waals surface area contributed by atoms with Gasteiger partial charge in [0.1, 0.15) is 17.4 Å². The van der Waals surface area contributed by atoms with Crippen LogP contribution in [0.25, 0.3) is 27.8 Å². The molecule has 3 aromatic heterocycles. The number of benzene rings is 1. The predicted molar refractivity (Wildman–Crippen MR) is 116 cm³/mol. The largest absolute Gasteiger partial charge is 0.450 e. The summed E-state index contributed by atoms with van der Waals surface area (Å²) >= 11 is 5.93. The summed E-state index contributed by atoms with van der Waals surface area (Å²) in [5.41, 5.74) is 1.20. The molecule has 0 atom stereocenters. The Labute approximate surface area is 182 Å². The average Bonchev–Trinajstić information content (AvgIpc) is 3.24. The van der Waals surface area contributed by atoms with E-state index in [4.69, 9.17) is 16.3 Å². The first-order valence-electron chi connectivity index (χ1n) is 9.69. The van der Waals surface area contributed by atoms with Crippen molar-refractivity contribution in [2.45, 2.75) is 38.6 Å². The topological polar surface area (TPSA) is 57.8 Å². The van der Waals surface area contributed by atoms with Crippen LogP contribution in [0.2, 0.25) is 30.8 Å². The molecule has 0 aliphatic heterocycles. The second kappa shape index (κ2) is 7.92. The van der Waals surface area contributed by atoms with Crippen LogP contribution in [-0.4, -0.2) is 39.0 Å². The summed E-state index contributed by atoms with van der Waals surface area (Å²) in [7, 11) is -1.19. The van der Waals surface area contributed by atoms with Crippen LogP contribution in [0, 0.1) is 0 Å². The maximum Gasteiger partial charge on any atom is 0.450 e. The Morgan fingerprint density at radius 1 is 1.10 bits per heavy atom. The van der Waals surface area contributed by atoms with E-state index in [0.717, 1.165) is 16.1 Å². The Kier molecular flexibility index (Phi) is 5.57. The van der Waals surface area contributed by atoms with Crippen molar-refractivity contribution in [2.24, 2.45) is 0 Å². The molecule has 0 fully saturated rings. The van der Waals surface area contributed by atoms with Crippen LogP contribution < -0.4 is 0 Å². The summed E-state index contributed by atoms with van der Waals surface area (Å²) < 4.78 is 49.4. The maximum atomic E-state index is 13.7.